The highest BCUT2D eigenvalue weighted by atomic mass is 35.5. The summed E-state index contributed by atoms with van der Waals surface area (Å²) in [6, 6.07) is 14.0. The smallest absolute Gasteiger partial charge is 0.300 e. The van der Waals surface area contributed by atoms with E-state index in [1.54, 1.807) is 72.4 Å². The number of hydrogen-bond acceptors (Lipinski definition) is 6. The number of anilines is 1. The van der Waals surface area contributed by atoms with Gasteiger partial charge < -0.3 is 10.1 Å². The maximum absolute atomic E-state index is 12.8. The van der Waals surface area contributed by atoms with Crippen molar-refractivity contribution in [3.05, 3.63) is 76.3 Å². The van der Waals surface area contributed by atoms with E-state index in [0.717, 1.165) is 0 Å². The van der Waals surface area contributed by atoms with Gasteiger partial charge in [0.1, 0.15) is 5.75 Å². The molecule has 0 aliphatic rings. The van der Waals surface area contributed by atoms with E-state index in [2.05, 4.69) is 15.5 Å². The molecule has 30 heavy (non-hydrogen) atoms. The minimum Gasteiger partial charge on any atom is -0.497 e. The van der Waals surface area contributed by atoms with Crippen LogP contribution in [0.1, 0.15) is 0 Å². The third-order valence-corrected chi connectivity index (χ3v) is 5.45. The minimum atomic E-state index is -0.312. The molecule has 8 nitrogen and oxygen atoms in total. The Morgan fingerprint density at radius 2 is 1.83 bits per heavy atom. The zero-order valence-corrected chi connectivity index (χ0v) is 17.4. The lowest BCUT2D eigenvalue weighted by Gasteiger charge is -2.07. The van der Waals surface area contributed by atoms with Gasteiger partial charge in [-0.2, -0.15) is 0 Å². The molecule has 10 heteroatoms. The van der Waals surface area contributed by atoms with E-state index >= 15 is 0 Å². The molecule has 1 amide bonds. The molecule has 4 rings (SSSR count). The van der Waals surface area contributed by atoms with E-state index < -0.39 is 0 Å². The highest BCUT2D eigenvalue weighted by Gasteiger charge is 2.13. The lowest BCUT2D eigenvalue weighted by molar-refractivity contribution is -0.113. The number of hydrogen-bond donors (Lipinski definition) is 1. The zero-order valence-electron chi connectivity index (χ0n) is 15.8. The Balaban J connectivity index is 1.50. The number of methoxy groups -OCH3 is 1. The summed E-state index contributed by atoms with van der Waals surface area (Å²) in [6.45, 7) is 0. The van der Waals surface area contributed by atoms with E-state index in [-0.39, 0.29) is 22.9 Å². The van der Waals surface area contributed by atoms with Crippen molar-refractivity contribution in [1.82, 2.24) is 19.2 Å². The average molecular weight is 442 g/mol. The highest BCUT2D eigenvalue weighted by molar-refractivity contribution is 7.99. The number of aromatic nitrogens is 4. The van der Waals surface area contributed by atoms with Crippen molar-refractivity contribution in [1.29, 1.82) is 0 Å². The number of nitrogens with one attached hydrogen (secondary N) is 1. The van der Waals surface area contributed by atoms with Gasteiger partial charge in [-0.1, -0.05) is 23.4 Å². The number of carbonyl (C=O) groups is 1. The van der Waals surface area contributed by atoms with Gasteiger partial charge in [-0.25, -0.2) is 0 Å². The molecule has 0 fully saturated rings. The molecule has 4 aromatic rings. The monoisotopic (exact) mass is 441 g/mol. The number of thioether (sulfide) groups is 1. The van der Waals surface area contributed by atoms with Gasteiger partial charge in [0.25, 0.3) is 0 Å². The molecule has 2 heterocycles. The van der Waals surface area contributed by atoms with Crippen molar-refractivity contribution in [3.8, 4) is 11.4 Å². The van der Waals surface area contributed by atoms with Crippen LogP contribution in [0.3, 0.4) is 0 Å². The normalized spacial score (nSPS) is 10.9. The van der Waals surface area contributed by atoms with Crippen molar-refractivity contribution in [2.75, 3.05) is 18.2 Å². The summed E-state index contributed by atoms with van der Waals surface area (Å²) in [4.78, 5) is 25.0. The second-order valence-corrected chi connectivity index (χ2v) is 7.57. The van der Waals surface area contributed by atoms with Crippen molar-refractivity contribution in [2.45, 2.75) is 5.16 Å². The van der Waals surface area contributed by atoms with Crippen LogP contribution in [0.5, 0.6) is 5.75 Å². The quantitative estimate of drug-likeness (QED) is 0.462. The zero-order chi connectivity index (χ0) is 21.1. The van der Waals surface area contributed by atoms with Gasteiger partial charge in [-0.15, -0.1) is 10.2 Å². The van der Waals surface area contributed by atoms with Crippen LogP contribution in [0.2, 0.25) is 5.02 Å². The fourth-order valence-corrected chi connectivity index (χ4v) is 3.61. The molecule has 152 valence electrons. The molecule has 2 aromatic carbocycles. The Morgan fingerprint density at radius 3 is 2.53 bits per heavy atom. The molecule has 1 N–H and O–H groups in total. The highest BCUT2D eigenvalue weighted by Crippen LogP contribution is 2.18. The number of carbonyl (C=O) groups excluding carboxylic acids is 1. The first-order valence-corrected chi connectivity index (χ1v) is 10.2. The third kappa shape index (κ3) is 4.17. The van der Waals surface area contributed by atoms with E-state index in [4.69, 9.17) is 16.3 Å². The first kappa shape index (κ1) is 20.0. The van der Waals surface area contributed by atoms with Crippen LogP contribution in [0, 0.1) is 0 Å². The maximum atomic E-state index is 12.8. The Kier molecular flexibility index (Phi) is 5.73. The topological polar surface area (TPSA) is 90.5 Å². The second kappa shape index (κ2) is 8.60. The number of halogens is 1. The molecular weight excluding hydrogens is 426 g/mol. The van der Waals surface area contributed by atoms with Gasteiger partial charge >= 0.3 is 5.56 Å². The Labute approximate surface area is 180 Å². The first-order valence-electron chi connectivity index (χ1n) is 8.84. The van der Waals surface area contributed by atoms with Crippen molar-refractivity contribution in [2.24, 2.45) is 0 Å². The number of rotatable bonds is 6. The van der Waals surface area contributed by atoms with Gasteiger partial charge in [-0.3, -0.25) is 18.6 Å². The number of nitrogens with zero attached hydrogens (tertiary/aromatic N) is 4. The minimum absolute atomic E-state index is 0.116. The maximum Gasteiger partial charge on any atom is 0.300 e. The lowest BCUT2D eigenvalue weighted by atomic mass is 10.3. The molecule has 0 aliphatic carbocycles. The van der Waals surface area contributed by atoms with Crippen LogP contribution in [-0.2, 0) is 4.79 Å². The molecule has 0 saturated carbocycles. The van der Waals surface area contributed by atoms with Crippen LogP contribution in [0.25, 0.3) is 11.3 Å². The van der Waals surface area contributed by atoms with E-state index in [1.807, 2.05) is 0 Å². The van der Waals surface area contributed by atoms with Crippen molar-refractivity contribution in [3.63, 3.8) is 0 Å². The standard InChI is InChI=1S/C20H16ClN5O3S/c1-29-16-8-6-15(7-9-16)25-10-11-26-18(19(25)28)23-24-20(26)30-12-17(27)22-14-4-2-13(21)3-5-14/h2-11H,12H2,1H3,(H,22,27). The van der Waals surface area contributed by atoms with Crippen molar-refractivity contribution < 1.29 is 9.53 Å². The van der Waals surface area contributed by atoms with Crippen LogP contribution < -0.4 is 15.6 Å². The number of benzene rings is 2. The summed E-state index contributed by atoms with van der Waals surface area (Å²) < 4.78 is 8.19. The second-order valence-electron chi connectivity index (χ2n) is 6.19. The molecule has 0 spiro atoms. The summed E-state index contributed by atoms with van der Waals surface area (Å²) in [7, 11) is 1.58. The summed E-state index contributed by atoms with van der Waals surface area (Å²) in [5, 5.41) is 11.9. The summed E-state index contributed by atoms with van der Waals surface area (Å²) in [6.07, 6.45) is 3.33. The van der Waals surface area contributed by atoms with Crippen LogP contribution in [-0.4, -0.2) is 37.9 Å². The molecule has 0 radical (unpaired) electrons. The number of amides is 1. The largest absolute Gasteiger partial charge is 0.497 e. The molecule has 0 aliphatic heterocycles. The van der Waals surface area contributed by atoms with Gasteiger partial charge in [0.2, 0.25) is 11.6 Å². The predicted molar refractivity (Wildman–Crippen MR) is 116 cm³/mol. The molecule has 0 saturated heterocycles. The lowest BCUT2D eigenvalue weighted by Crippen LogP contribution is -2.20. The molecule has 0 unspecified atom stereocenters. The predicted octanol–water partition coefficient (Wildman–Crippen LogP) is 3.27. The van der Waals surface area contributed by atoms with E-state index in [9.17, 15) is 9.59 Å². The molecule has 0 bridgehead atoms. The van der Waals surface area contributed by atoms with Crippen LogP contribution in [0.15, 0.2) is 70.9 Å². The van der Waals surface area contributed by atoms with Gasteiger partial charge in [-0.05, 0) is 48.5 Å². The number of ether oxygens (including phenoxy) is 1. The summed E-state index contributed by atoms with van der Waals surface area (Å²) in [5.74, 6) is 0.613. The summed E-state index contributed by atoms with van der Waals surface area (Å²) in [5.41, 5.74) is 1.20. The fraction of sp³-hybridized carbons (Fsp3) is 0.100. The van der Waals surface area contributed by atoms with Crippen molar-refractivity contribution >= 4 is 40.6 Å². The summed E-state index contributed by atoms with van der Waals surface area (Å²) >= 11 is 7.03. The van der Waals surface area contributed by atoms with Gasteiger partial charge in [0.05, 0.1) is 12.9 Å². The van der Waals surface area contributed by atoms with Crippen LogP contribution >= 0.6 is 23.4 Å². The molecule has 0 atom stereocenters. The van der Waals surface area contributed by atoms with E-state index in [0.29, 0.717) is 27.3 Å². The third-order valence-electron chi connectivity index (χ3n) is 4.25. The molecular formula is C20H16ClN5O3S. The Hall–Kier alpha value is -3.30. The first-order chi connectivity index (χ1) is 14.5. The Bertz CT molecular complexity index is 1250. The SMILES string of the molecule is COc1ccc(-n2ccn3c(SCC(=O)Nc4ccc(Cl)cc4)nnc3c2=O)cc1. The van der Waals surface area contributed by atoms with Gasteiger partial charge in [0, 0.05) is 28.8 Å². The fourth-order valence-electron chi connectivity index (χ4n) is 2.77. The van der Waals surface area contributed by atoms with E-state index in [1.165, 1.54) is 16.3 Å². The molecule has 2 aromatic heterocycles. The van der Waals surface area contributed by atoms with Crippen LogP contribution in [0.4, 0.5) is 5.69 Å². The number of fused-ring (bicyclic) bond motifs is 1. The average Bonchev–Trinajstić information content (AvgIpc) is 3.18. The Morgan fingerprint density at radius 1 is 1.10 bits per heavy atom. The van der Waals surface area contributed by atoms with Gasteiger partial charge in [0.15, 0.2) is 5.16 Å².